The Bertz CT molecular complexity index is 950. The third-order valence-corrected chi connectivity index (χ3v) is 5.06. The number of carbonyl (C=O) groups is 1. The topological polar surface area (TPSA) is 60.2 Å². The number of amides is 1. The number of methoxy groups -OCH3 is 1. The maximum atomic E-state index is 13.0. The van der Waals surface area contributed by atoms with Gasteiger partial charge in [-0.25, -0.2) is 4.98 Å². The van der Waals surface area contributed by atoms with Crippen LogP contribution in [0.2, 0.25) is 0 Å². The summed E-state index contributed by atoms with van der Waals surface area (Å²) in [5.74, 6) is 0.855. The van der Waals surface area contributed by atoms with E-state index < -0.39 is 0 Å². The van der Waals surface area contributed by atoms with Gasteiger partial charge in [-0.05, 0) is 37.1 Å². The first-order chi connectivity index (χ1) is 12.7. The van der Waals surface area contributed by atoms with Crippen LogP contribution in [0.3, 0.4) is 0 Å². The quantitative estimate of drug-likeness (QED) is 0.729. The van der Waals surface area contributed by atoms with Gasteiger partial charge in [0.25, 0.3) is 5.91 Å². The fourth-order valence-corrected chi connectivity index (χ4v) is 3.80. The van der Waals surface area contributed by atoms with Gasteiger partial charge in [-0.1, -0.05) is 12.1 Å². The minimum Gasteiger partial charge on any atom is -0.496 e. The summed E-state index contributed by atoms with van der Waals surface area (Å²) in [4.78, 5) is 19.4. The van der Waals surface area contributed by atoms with Crippen molar-refractivity contribution < 1.29 is 9.53 Å². The van der Waals surface area contributed by atoms with E-state index in [-0.39, 0.29) is 11.8 Å². The van der Waals surface area contributed by atoms with Crippen LogP contribution in [-0.2, 0) is 7.05 Å². The maximum Gasteiger partial charge on any atom is 0.257 e. The summed E-state index contributed by atoms with van der Waals surface area (Å²) in [7, 11) is 3.51. The van der Waals surface area contributed by atoms with Crippen molar-refractivity contribution in [3.8, 4) is 5.75 Å². The lowest BCUT2D eigenvalue weighted by Crippen LogP contribution is -2.39. The van der Waals surface area contributed by atoms with Gasteiger partial charge in [-0.15, -0.1) is 0 Å². The number of benzene rings is 1. The molecule has 134 valence electrons. The summed E-state index contributed by atoms with van der Waals surface area (Å²) in [6.07, 6.45) is 3.77. The monoisotopic (exact) mass is 350 g/mol. The summed E-state index contributed by atoms with van der Waals surface area (Å²) in [6, 6.07) is 11.4. The van der Waals surface area contributed by atoms with Gasteiger partial charge in [0.1, 0.15) is 5.75 Å². The highest BCUT2D eigenvalue weighted by atomic mass is 16.5. The second kappa shape index (κ2) is 6.78. The van der Waals surface area contributed by atoms with E-state index in [1.54, 1.807) is 13.3 Å². The number of aryl methyl sites for hydroxylation is 1. The molecule has 0 unspecified atom stereocenters. The number of aromatic nitrogens is 3. The molecule has 6 nitrogen and oxygen atoms in total. The molecule has 3 aromatic rings. The molecule has 2 aromatic heterocycles. The first kappa shape index (κ1) is 16.6. The molecule has 3 heterocycles. The van der Waals surface area contributed by atoms with Crippen molar-refractivity contribution in [3.63, 3.8) is 0 Å². The van der Waals surface area contributed by atoms with Gasteiger partial charge in [-0.2, -0.15) is 5.10 Å². The van der Waals surface area contributed by atoms with Crippen molar-refractivity contribution in [1.29, 1.82) is 0 Å². The number of piperidine rings is 1. The molecule has 0 aliphatic carbocycles. The highest BCUT2D eigenvalue weighted by Gasteiger charge is 2.29. The number of para-hydroxylation sites is 1. The highest BCUT2D eigenvalue weighted by Crippen LogP contribution is 2.32. The summed E-state index contributed by atoms with van der Waals surface area (Å²) in [5, 5.41) is 5.78. The average Bonchev–Trinajstić information content (AvgIpc) is 3.04. The third kappa shape index (κ3) is 2.81. The van der Waals surface area contributed by atoms with Gasteiger partial charge in [0, 0.05) is 37.6 Å². The molecule has 1 amide bonds. The van der Waals surface area contributed by atoms with Crippen LogP contribution in [-0.4, -0.2) is 45.8 Å². The zero-order valence-corrected chi connectivity index (χ0v) is 15.1. The van der Waals surface area contributed by atoms with Crippen molar-refractivity contribution in [2.75, 3.05) is 20.2 Å². The standard InChI is InChI=1S/C20H22N4O2/c1-23-19-16(9-5-11-21-19)18(22-23)14-7-6-12-24(13-14)20(25)15-8-3-4-10-17(15)26-2/h3-5,8-11,14H,6-7,12-13H2,1-2H3/t14-/m0/s1. The SMILES string of the molecule is COc1ccccc1C(=O)N1CCC[C@H](c2nn(C)c3ncccc23)C1. The Morgan fingerprint density at radius 2 is 2.08 bits per heavy atom. The van der Waals surface area contributed by atoms with E-state index in [2.05, 4.69) is 11.1 Å². The van der Waals surface area contributed by atoms with E-state index in [1.807, 2.05) is 47.0 Å². The number of fused-ring (bicyclic) bond motifs is 1. The molecule has 1 atom stereocenters. The van der Waals surface area contributed by atoms with Gasteiger partial charge >= 0.3 is 0 Å². The predicted molar refractivity (Wildman–Crippen MR) is 99.4 cm³/mol. The van der Waals surface area contributed by atoms with Crippen molar-refractivity contribution >= 4 is 16.9 Å². The second-order valence-electron chi connectivity index (χ2n) is 6.67. The molecular formula is C20H22N4O2. The largest absolute Gasteiger partial charge is 0.496 e. The van der Waals surface area contributed by atoms with E-state index in [0.29, 0.717) is 17.9 Å². The molecule has 26 heavy (non-hydrogen) atoms. The summed E-state index contributed by atoms with van der Waals surface area (Å²) >= 11 is 0. The van der Waals surface area contributed by atoms with Crippen LogP contribution >= 0.6 is 0 Å². The highest BCUT2D eigenvalue weighted by molar-refractivity contribution is 5.97. The van der Waals surface area contributed by atoms with Crippen LogP contribution in [0.1, 0.15) is 34.8 Å². The van der Waals surface area contributed by atoms with E-state index in [0.717, 1.165) is 36.1 Å². The molecule has 1 aliphatic heterocycles. The Kier molecular flexibility index (Phi) is 4.32. The molecule has 1 aliphatic rings. The number of ether oxygens (including phenoxy) is 1. The average molecular weight is 350 g/mol. The Morgan fingerprint density at radius 3 is 2.92 bits per heavy atom. The van der Waals surface area contributed by atoms with Crippen LogP contribution < -0.4 is 4.74 Å². The van der Waals surface area contributed by atoms with Crippen molar-refractivity contribution in [2.24, 2.45) is 7.05 Å². The van der Waals surface area contributed by atoms with Gasteiger partial charge in [0.2, 0.25) is 0 Å². The smallest absolute Gasteiger partial charge is 0.257 e. The van der Waals surface area contributed by atoms with Crippen LogP contribution in [0.25, 0.3) is 11.0 Å². The zero-order valence-electron chi connectivity index (χ0n) is 15.1. The fraction of sp³-hybridized carbons (Fsp3) is 0.350. The Balaban J connectivity index is 1.62. The Morgan fingerprint density at radius 1 is 1.23 bits per heavy atom. The molecule has 0 bridgehead atoms. The first-order valence-corrected chi connectivity index (χ1v) is 8.89. The second-order valence-corrected chi connectivity index (χ2v) is 6.67. The lowest BCUT2D eigenvalue weighted by molar-refractivity contribution is 0.0702. The Hall–Kier alpha value is -2.89. The predicted octanol–water partition coefficient (Wildman–Crippen LogP) is 3.00. The molecule has 0 saturated carbocycles. The lowest BCUT2D eigenvalue weighted by Gasteiger charge is -2.32. The Labute approximate surface area is 152 Å². The van der Waals surface area contributed by atoms with E-state index in [4.69, 9.17) is 9.84 Å². The first-order valence-electron chi connectivity index (χ1n) is 8.89. The third-order valence-electron chi connectivity index (χ3n) is 5.06. The van der Waals surface area contributed by atoms with Gasteiger partial charge in [0.05, 0.1) is 18.4 Å². The fourth-order valence-electron chi connectivity index (χ4n) is 3.80. The molecule has 4 rings (SSSR count). The lowest BCUT2D eigenvalue weighted by atomic mass is 9.92. The van der Waals surface area contributed by atoms with Gasteiger partial charge < -0.3 is 9.64 Å². The molecule has 1 fully saturated rings. The van der Waals surface area contributed by atoms with Gasteiger partial charge in [0.15, 0.2) is 5.65 Å². The minimum atomic E-state index is 0.0190. The molecule has 1 aromatic carbocycles. The maximum absolute atomic E-state index is 13.0. The van der Waals surface area contributed by atoms with E-state index >= 15 is 0 Å². The van der Waals surface area contributed by atoms with Crippen LogP contribution in [0.4, 0.5) is 0 Å². The molecule has 1 saturated heterocycles. The van der Waals surface area contributed by atoms with Crippen molar-refractivity contribution in [1.82, 2.24) is 19.7 Å². The number of hydrogen-bond donors (Lipinski definition) is 0. The minimum absolute atomic E-state index is 0.0190. The number of carbonyl (C=O) groups excluding carboxylic acids is 1. The number of hydrogen-bond acceptors (Lipinski definition) is 4. The summed E-state index contributed by atoms with van der Waals surface area (Å²) in [6.45, 7) is 1.42. The van der Waals surface area contributed by atoms with E-state index in [9.17, 15) is 4.79 Å². The van der Waals surface area contributed by atoms with Crippen LogP contribution in [0.15, 0.2) is 42.6 Å². The number of rotatable bonds is 3. The number of likely N-dealkylation sites (tertiary alicyclic amines) is 1. The van der Waals surface area contributed by atoms with Gasteiger partial charge in [-0.3, -0.25) is 9.48 Å². The normalized spacial score (nSPS) is 17.5. The number of nitrogens with zero attached hydrogens (tertiary/aromatic N) is 4. The molecule has 0 radical (unpaired) electrons. The summed E-state index contributed by atoms with van der Waals surface area (Å²) in [5.41, 5.74) is 2.53. The van der Waals surface area contributed by atoms with Crippen molar-refractivity contribution in [2.45, 2.75) is 18.8 Å². The molecule has 6 heteroatoms. The van der Waals surface area contributed by atoms with E-state index in [1.165, 1.54) is 0 Å². The number of pyridine rings is 1. The zero-order chi connectivity index (χ0) is 18.1. The molecule has 0 N–H and O–H groups in total. The molecule has 0 spiro atoms. The molecular weight excluding hydrogens is 328 g/mol. The summed E-state index contributed by atoms with van der Waals surface area (Å²) < 4.78 is 7.18. The van der Waals surface area contributed by atoms with Crippen molar-refractivity contribution in [3.05, 3.63) is 53.9 Å². The van der Waals surface area contributed by atoms with Crippen LogP contribution in [0.5, 0.6) is 5.75 Å². The van der Waals surface area contributed by atoms with Crippen LogP contribution in [0, 0.1) is 0 Å².